The third-order valence-electron chi connectivity index (χ3n) is 3.12. The first-order valence-electron chi connectivity index (χ1n) is 5.00. The third kappa shape index (κ3) is 1.83. The molecule has 0 spiro atoms. The fourth-order valence-corrected chi connectivity index (χ4v) is 2.20. The van der Waals surface area contributed by atoms with E-state index in [-0.39, 0.29) is 18.1 Å². The molecule has 3 nitrogen and oxygen atoms in total. The zero-order chi connectivity index (χ0) is 11.8. The van der Waals surface area contributed by atoms with Crippen LogP contribution >= 0.6 is 23.2 Å². The number of aliphatic hydroxyl groups excluding tert-OH is 1. The molecule has 0 aromatic heterocycles. The molecule has 0 bridgehead atoms. The van der Waals surface area contributed by atoms with Crippen LogP contribution in [0.1, 0.15) is 5.56 Å². The van der Waals surface area contributed by atoms with E-state index in [2.05, 4.69) is 0 Å². The minimum absolute atomic E-state index is 0.0798. The molecule has 0 saturated carbocycles. The Labute approximate surface area is 104 Å². The van der Waals surface area contributed by atoms with Gasteiger partial charge in [0.15, 0.2) is 0 Å². The highest BCUT2D eigenvalue weighted by Crippen LogP contribution is 2.37. The molecule has 0 radical (unpaired) electrons. The summed E-state index contributed by atoms with van der Waals surface area (Å²) >= 11 is 11.8. The molecular weight excluding hydrogens is 249 g/mol. The maximum Gasteiger partial charge on any atom is 0.0601 e. The van der Waals surface area contributed by atoms with Gasteiger partial charge in [0.1, 0.15) is 0 Å². The van der Waals surface area contributed by atoms with Crippen LogP contribution in [0.3, 0.4) is 0 Å². The SMILES string of the molecule is NC(CO)C1(c2ccc(Cl)c(Cl)c2)COC1. The molecule has 0 amide bonds. The lowest BCUT2D eigenvalue weighted by molar-refractivity contribution is -0.0798. The summed E-state index contributed by atoms with van der Waals surface area (Å²) in [6, 6.07) is 5.07. The van der Waals surface area contributed by atoms with Crippen LogP contribution in [0.5, 0.6) is 0 Å². The van der Waals surface area contributed by atoms with Crippen molar-refractivity contribution >= 4 is 23.2 Å². The minimum Gasteiger partial charge on any atom is -0.395 e. The largest absolute Gasteiger partial charge is 0.395 e. The predicted octanol–water partition coefficient (Wildman–Crippen LogP) is 1.58. The Bertz CT molecular complexity index is 394. The Hall–Kier alpha value is -0.320. The summed E-state index contributed by atoms with van der Waals surface area (Å²) in [5, 5.41) is 10.2. The molecule has 1 unspecified atom stereocenters. The molecule has 1 fully saturated rings. The van der Waals surface area contributed by atoms with Gasteiger partial charge in [-0.25, -0.2) is 0 Å². The van der Waals surface area contributed by atoms with Gasteiger partial charge in [-0.3, -0.25) is 0 Å². The van der Waals surface area contributed by atoms with Crippen LogP contribution in [0.25, 0.3) is 0 Å². The summed E-state index contributed by atoms with van der Waals surface area (Å²) < 4.78 is 5.22. The average molecular weight is 262 g/mol. The number of hydrogen-bond donors (Lipinski definition) is 2. The van der Waals surface area contributed by atoms with E-state index in [1.54, 1.807) is 12.1 Å². The zero-order valence-electron chi connectivity index (χ0n) is 8.62. The van der Waals surface area contributed by atoms with Crippen LogP contribution in [0.2, 0.25) is 10.0 Å². The number of benzene rings is 1. The van der Waals surface area contributed by atoms with Gasteiger partial charge in [0.05, 0.1) is 35.3 Å². The van der Waals surface area contributed by atoms with Crippen molar-refractivity contribution in [1.82, 2.24) is 0 Å². The number of ether oxygens (including phenoxy) is 1. The molecule has 5 heteroatoms. The maximum absolute atomic E-state index is 9.18. The van der Waals surface area contributed by atoms with E-state index in [0.29, 0.717) is 23.3 Å². The number of halogens is 2. The Kier molecular flexibility index (Phi) is 3.42. The standard InChI is InChI=1S/C11H13Cl2NO2/c12-8-2-1-7(3-9(8)13)11(5-16-6-11)10(14)4-15/h1-3,10,15H,4-6,14H2. The second-order valence-corrected chi connectivity index (χ2v) is 4.88. The summed E-state index contributed by atoms with van der Waals surface area (Å²) in [5.74, 6) is 0. The van der Waals surface area contributed by atoms with Crippen molar-refractivity contribution in [2.75, 3.05) is 19.8 Å². The van der Waals surface area contributed by atoms with Gasteiger partial charge < -0.3 is 15.6 Å². The van der Waals surface area contributed by atoms with Crippen LogP contribution in [0.15, 0.2) is 18.2 Å². The lowest BCUT2D eigenvalue weighted by atomic mass is 9.73. The third-order valence-corrected chi connectivity index (χ3v) is 3.86. The number of hydrogen-bond acceptors (Lipinski definition) is 3. The van der Waals surface area contributed by atoms with E-state index in [9.17, 15) is 5.11 Å². The van der Waals surface area contributed by atoms with Gasteiger partial charge in [0, 0.05) is 6.04 Å². The zero-order valence-corrected chi connectivity index (χ0v) is 10.1. The molecule has 1 heterocycles. The number of aliphatic hydroxyl groups is 1. The molecular formula is C11H13Cl2NO2. The average Bonchev–Trinajstić information content (AvgIpc) is 2.21. The van der Waals surface area contributed by atoms with Crippen molar-refractivity contribution in [2.24, 2.45) is 5.73 Å². The second kappa shape index (κ2) is 4.51. The molecule has 88 valence electrons. The van der Waals surface area contributed by atoms with Crippen LogP contribution in [0, 0.1) is 0 Å². The van der Waals surface area contributed by atoms with E-state index in [4.69, 9.17) is 33.7 Å². The first-order valence-corrected chi connectivity index (χ1v) is 5.75. The Morgan fingerprint density at radius 3 is 2.50 bits per heavy atom. The molecule has 1 aliphatic rings. The Morgan fingerprint density at radius 1 is 1.38 bits per heavy atom. The van der Waals surface area contributed by atoms with Crippen LogP contribution in [-0.2, 0) is 10.2 Å². The number of rotatable bonds is 3. The van der Waals surface area contributed by atoms with Gasteiger partial charge >= 0.3 is 0 Å². The van der Waals surface area contributed by atoms with Crippen molar-refractivity contribution in [3.05, 3.63) is 33.8 Å². The van der Waals surface area contributed by atoms with E-state index in [1.165, 1.54) is 0 Å². The first kappa shape index (κ1) is 12.1. The molecule has 1 aromatic rings. The molecule has 16 heavy (non-hydrogen) atoms. The normalized spacial score (nSPS) is 20.2. The number of nitrogens with two attached hydrogens (primary N) is 1. The van der Waals surface area contributed by atoms with Gasteiger partial charge in [-0.2, -0.15) is 0 Å². The molecule has 1 aromatic carbocycles. The van der Waals surface area contributed by atoms with E-state index in [0.717, 1.165) is 5.56 Å². The summed E-state index contributed by atoms with van der Waals surface area (Å²) in [4.78, 5) is 0. The fraction of sp³-hybridized carbons (Fsp3) is 0.455. The van der Waals surface area contributed by atoms with Crippen LogP contribution in [0.4, 0.5) is 0 Å². The van der Waals surface area contributed by atoms with Crippen LogP contribution in [-0.4, -0.2) is 31.0 Å². The quantitative estimate of drug-likeness (QED) is 0.869. The molecule has 1 atom stereocenters. The second-order valence-electron chi connectivity index (χ2n) is 4.07. The predicted molar refractivity (Wildman–Crippen MR) is 64.0 cm³/mol. The molecule has 2 rings (SSSR count). The van der Waals surface area contributed by atoms with Gasteiger partial charge in [-0.05, 0) is 17.7 Å². The summed E-state index contributed by atoms with van der Waals surface area (Å²) in [6.07, 6.45) is 0. The lowest BCUT2D eigenvalue weighted by Gasteiger charge is -2.45. The molecule has 1 aliphatic heterocycles. The van der Waals surface area contributed by atoms with Gasteiger partial charge in [0.2, 0.25) is 0 Å². The maximum atomic E-state index is 9.18. The summed E-state index contributed by atoms with van der Waals surface area (Å²) in [7, 11) is 0. The topological polar surface area (TPSA) is 55.5 Å². The Morgan fingerprint density at radius 2 is 2.06 bits per heavy atom. The highest BCUT2D eigenvalue weighted by molar-refractivity contribution is 6.42. The first-order chi connectivity index (χ1) is 7.60. The fourth-order valence-electron chi connectivity index (χ4n) is 1.90. The van der Waals surface area contributed by atoms with Gasteiger partial charge in [-0.1, -0.05) is 29.3 Å². The van der Waals surface area contributed by atoms with E-state index < -0.39 is 0 Å². The monoisotopic (exact) mass is 261 g/mol. The molecule has 0 aliphatic carbocycles. The highest BCUT2D eigenvalue weighted by Gasteiger charge is 2.45. The van der Waals surface area contributed by atoms with E-state index in [1.807, 2.05) is 6.07 Å². The van der Waals surface area contributed by atoms with Crippen LogP contribution < -0.4 is 5.73 Å². The van der Waals surface area contributed by atoms with Crippen molar-refractivity contribution in [1.29, 1.82) is 0 Å². The van der Waals surface area contributed by atoms with Gasteiger partial charge in [0.25, 0.3) is 0 Å². The Balaban J connectivity index is 2.37. The molecule has 3 N–H and O–H groups in total. The van der Waals surface area contributed by atoms with Crippen molar-refractivity contribution in [3.63, 3.8) is 0 Å². The molecule has 1 saturated heterocycles. The highest BCUT2D eigenvalue weighted by atomic mass is 35.5. The summed E-state index contributed by atoms with van der Waals surface area (Å²) in [5.41, 5.74) is 6.56. The van der Waals surface area contributed by atoms with E-state index >= 15 is 0 Å². The van der Waals surface area contributed by atoms with Crippen molar-refractivity contribution in [3.8, 4) is 0 Å². The summed E-state index contributed by atoms with van der Waals surface area (Å²) in [6.45, 7) is 0.934. The minimum atomic E-state index is -0.349. The van der Waals surface area contributed by atoms with Crippen molar-refractivity contribution in [2.45, 2.75) is 11.5 Å². The van der Waals surface area contributed by atoms with Gasteiger partial charge in [-0.15, -0.1) is 0 Å². The lowest BCUT2D eigenvalue weighted by Crippen LogP contribution is -2.60. The smallest absolute Gasteiger partial charge is 0.0601 e. The van der Waals surface area contributed by atoms with Crippen molar-refractivity contribution < 1.29 is 9.84 Å².